The van der Waals surface area contributed by atoms with E-state index in [9.17, 15) is 13.2 Å². The molecule has 0 saturated carbocycles. The molecular weight excluding hydrogens is 279 g/mol. The summed E-state index contributed by atoms with van der Waals surface area (Å²) in [6, 6.07) is 3.42. The molecule has 0 heterocycles. The van der Waals surface area contributed by atoms with Crippen molar-refractivity contribution in [3.8, 4) is 0 Å². The Labute approximate surface area is 115 Å². The van der Waals surface area contributed by atoms with Crippen molar-refractivity contribution in [1.29, 1.82) is 0 Å². The van der Waals surface area contributed by atoms with E-state index in [1.807, 2.05) is 13.8 Å². The third-order valence-electron chi connectivity index (χ3n) is 2.83. The fourth-order valence-corrected chi connectivity index (χ4v) is 1.70. The van der Waals surface area contributed by atoms with E-state index in [1.54, 1.807) is 7.11 Å². The van der Waals surface area contributed by atoms with Gasteiger partial charge in [0.25, 0.3) is 0 Å². The molecule has 108 valence electrons. The average Bonchev–Trinajstić information content (AvgIpc) is 2.27. The molecule has 0 aliphatic heterocycles. The molecule has 6 heteroatoms. The van der Waals surface area contributed by atoms with Crippen LogP contribution in [0.2, 0.25) is 5.02 Å². The highest BCUT2D eigenvalue weighted by Crippen LogP contribution is 2.33. The van der Waals surface area contributed by atoms with Crippen LogP contribution in [0, 0.1) is 0 Å². The molecule has 0 aliphatic rings. The van der Waals surface area contributed by atoms with E-state index in [0.29, 0.717) is 18.7 Å². The van der Waals surface area contributed by atoms with E-state index < -0.39 is 11.7 Å². The van der Waals surface area contributed by atoms with Crippen LogP contribution < -0.4 is 5.32 Å². The zero-order valence-corrected chi connectivity index (χ0v) is 11.8. The lowest BCUT2D eigenvalue weighted by Gasteiger charge is -2.23. The highest BCUT2D eigenvalue weighted by molar-refractivity contribution is 6.30. The van der Waals surface area contributed by atoms with Crippen LogP contribution in [-0.4, -0.2) is 19.3 Å². The molecule has 0 spiro atoms. The molecule has 0 aromatic heterocycles. The number of alkyl halides is 3. The predicted octanol–water partition coefficient (Wildman–Crippen LogP) is 4.59. The maximum Gasteiger partial charge on any atom is 0.416 e. The van der Waals surface area contributed by atoms with E-state index in [2.05, 4.69) is 5.32 Å². The molecule has 19 heavy (non-hydrogen) atoms. The topological polar surface area (TPSA) is 21.3 Å². The van der Waals surface area contributed by atoms with Gasteiger partial charge in [-0.25, -0.2) is 0 Å². The highest BCUT2D eigenvalue weighted by atomic mass is 35.5. The van der Waals surface area contributed by atoms with E-state index in [4.69, 9.17) is 16.3 Å². The number of ether oxygens (including phenoxy) is 1. The van der Waals surface area contributed by atoms with Gasteiger partial charge < -0.3 is 10.1 Å². The SMILES string of the molecule is COC(C)(C)CCNc1cc(Cl)cc(C(F)(F)F)c1. The fraction of sp³-hybridized carbons (Fsp3) is 0.538. The summed E-state index contributed by atoms with van der Waals surface area (Å²) in [6.45, 7) is 4.32. The van der Waals surface area contributed by atoms with E-state index in [-0.39, 0.29) is 10.6 Å². The second-order valence-electron chi connectivity index (χ2n) is 4.87. The Kier molecular flexibility index (Phi) is 5.10. The normalized spacial score (nSPS) is 12.6. The van der Waals surface area contributed by atoms with Gasteiger partial charge in [0.1, 0.15) is 0 Å². The van der Waals surface area contributed by atoms with Gasteiger partial charge in [-0.1, -0.05) is 11.6 Å². The monoisotopic (exact) mass is 295 g/mol. The summed E-state index contributed by atoms with van der Waals surface area (Å²) < 4.78 is 43.1. The third-order valence-corrected chi connectivity index (χ3v) is 3.05. The van der Waals surface area contributed by atoms with Crippen molar-refractivity contribution in [2.45, 2.75) is 32.0 Å². The van der Waals surface area contributed by atoms with Gasteiger partial charge in [-0.3, -0.25) is 0 Å². The number of benzene rings is 1. The van der Waals surface area contributed by atoms with Crippen LogP contribution in [0.5, 0.6) is 0 Å². The van der Waals surface area contributed by atoms with Crippen molar-refractivity contribution in [3.63, 3.8) is 0 Å². The Morgan fingerprint density at radius 1 is 1.21 bits per heavy atom. The van der Waals surface area contributed by atoms with Crippen molar-refractivity contribution >= 4 is 17.3 Å². The Balaban J connectivity index is 2.72. The van der Waals surface area contributed by atoms with Crippen LogP contribution >= 0.6 is 11.6 Å². The Morgan fingerprint density at radius 3 is 2.37 bits per heavy atom. The zero-order chi connectivity index (χ0) is 14.7. The summed E-state index contributed by atoms with van der Waals surface area (Å²) in [4.78, 5) is 0. The zero-order valence-electron chi connectivity index (χ0n) is 11.1. The van der Waals surface area contributed by atoms with E-state index >= 15 is 0 Å². The van der Waals surface area contributed by atoms with Crippen molar-refractivity contribution in [2.24, 2.45) is 0 Å². The van der Waals surface area contributed by atoms with Crippen molar-refractivity contribution < 1.29 is 17.9 Å². The summed E-state index contributed by atoms with van der Waals surface area (Å²) in [7, 11) is 1.60. The van der Waals surface area contributed by atoms with Gasteiger partial charge in [0, 0.05) is 24.4 Å². The molecule has 0 radical (unpaired) electrons. The molecule has 1 aromatic rings. The van der Waals surface area contributed by atoms with Gasteiger partial charge in [-0.2, -0.15) is 13.2 Å². The van der Waals surface area contributed by atoms with E-state index in [1.165, 1.54) is 6.07 Å². The molecule has 1 aromatic carbocycles. The maximum atomic E-state index is 12.6. The fourth-order valence-electron chi connectivity index (χ4n) is 1.47. The molecular formula is C13H17ClF3NO. The lowest BCUT2D eigenvalue weighted by Crippen LogP contribution is -2.25. The summed E-state index contributed by atoms with van der Waals surface area (Å²) in [5.41, 5.74) is -0.724. The van der Waals surface area contributed by atoms with Gasteiger partial charge in [0.2, 0.25) is 0 Å². The summed E-state index contributed by atoms with van der Waals surface area (Å²) >= 11 is 5.69. The second-order valence-corrected chi connectivity index (χ2v) is 5.30. The first-order valence-electron chi connectivity index (χ1n) is 5.81. The molecule has 0 fully saturated rings. The van der Waals surface area contributed by atoms with Gasteiger partial charge in [0.15, 0.2) is 0 Å². The van der Waals surface area contributed by atoms with E-state index in [0.717, 1.165) is 12.1 Å². The van der Waals surface area contributed by atoms with Crippen LogP contribution in [0.1, 0.15) is 25.8 Å². The molecule has 0 unspecified atom stereocenters. The smallest absolute Gasteiger partial charge is 0.385 e. The van der Waals surface area contributed by atoms with Crippen LogP contribution in [-0.2, 0) is 10.9 Å². The van der Waals surface area contributed by atoms with Crippen LogP contribution in [0.3, 0.4) is 0 Å². The lowest BCUT2D eigenvalue weighted by molar-refractivity contribution is -0.137. The molecule has 0 atom stereocenters. The molecule has 0 amide bonds. The Morgan fingerprint density at radius 2 is 1.84 bits per heavy atom. The second kappa shape index (κ2) is 6.01. The first-order chi connectivity index (χ1) is 8.64. The minimum absolute atomic E-state index is 0.0586. The number of methoxy groups -OCH3 is 1. The predicted molar refractivity (Wildman–Crippen MR) is 70.6 cm³/mol. The van der Waals surface area contributed by atoms with Gasteiger partial charge >= 0.3 is 6.18 Å². The van der Waals surface area contributed by atoms with Gasteiger partial charge in [-0.15, -0.1) is 0 Å². The van der Waals surface area contributed by atoms with Gasteiger partial charge in [-0.05, 0) is 38.5 Å². The van der Waals surface area contributed by atoms with Crippen LogP contribution in [0.15, 0.2) is 18.2 Å². The molecule has 1 N–H and O–H groups in total. The summed E-state index contributed by atoms with van der Waals surface area (Å²) in [6.07, 6.45) is -3.73. The van der Waals surface area contributed by atoms with Gasteiger partial charge in [0.05, 0.1) is 11.2 Å². The average molecular weight is 296 g/mol. The lowest BCUT2D eigenvalue weighted by atomic mass is 10.1. The largest absolute Gasteiger partial charge is 0.416 e. The van der Waals surface area contributed by atoms with Crippen molar-refractivity contribution in [2.75, 3.05) is 19.0 Å². The van der Waals surface area contributed by atoms with Crippen LogP contribution in [0.4, 0.5) is 18.9 Å². The quantitative estimate of drug-likeness (QED) is 0.858. The number of hydrogen-bond acceptors (Lipinski definition) is 2. The third kappa shape index (κ3) is 5.28. The summed E-state index contributed by atoms with van der Waals surface area (Å²) in [5.74, 6) is 0. The Hall–Kier alpha value is -0.940. The summed E-state index contributed by atoms with van der Waals surface area (Å²) in [5, 5.41) is 2.98. The molecule has 0 saturated heterocycles. The maximum absolute atomic E-state index is 12.6. The Bertz CT molecular complexity index is 432. The number of hydrogen-bond donors (Lipinski definition) is 1. The number of nitrogens with one attached hydrogen (secondary N) is 1. The standard InChI is InChI=1S/C13H17ClF3NO/c1-12(2,19-3)4-5-18-11-7-9(13(15,16)17)6-10(14)8-11/h6-8,18H,4-5H2,1-3H3. The minimum Gasteiger partial charge on any atom is -0.385 e. The molecule has 1 rings (SSSR count). The van der Waals surface area contributed by atoms with Crippen molar-refractivity contribution in [3.05, 3.63) is 28.8 Å². The first-order valence-corrected chi connectivity index (χ1v) is 6.19. The van der Waals surface area contributed by atoms with Crippen LogP contribution in [0.25, 0.3) is 0 Å². The number of anilines is 1. The number of halogens is 4. The first kappa shape index (κ1) is 16.1. The number of rotatable bonds is 5. The molecule has 2 nitrogen and oxygen atoms in total. The highest BCUT2D eigenvalue weighted by Gasteiger charge is 2.31. The minimum atomic E-state index is -4.40. The molecule has 0 aliphatic carbocycles. The molecule has 0 bridgehead atoms. The van der Waals surface area contributed by atoms with Crippen molar-refractivity contribution in [1.82, 2.24) is 0 Å².